The van der Waals surface area contributed by atoms with Gasteiger partial charge in [-0.25, -0.2) is 0 Å². The van der Waals surface area contributed by atoms with E-state index in [1.54, 1.807) is 0 Å². The number of rotatable bonds is 4. The van der Waals surface area contributed by atoms with Crippen LogP contribution in [0.2, 0.25) is 0 Å². The molecule has 1 saturated heterocycles. The first-order valence-corrected chi connectivity index (χ1v) is 4.77. The van der Waals surface area contributed by atoms with Crippen LogP contribution in [0.3, 0.4) is 0 Å². The van der Waals surface area contributed by atoms with E-state index in [1.807, 2.05) is 6.08 Å². The minimum absolute atomic E-state index is 0.692. The molecule has 0 spiro atoms. The van der Waals surface area contributed by atoms with Crippen LogP contribution in [0.5, 0.6) is 0 Å². The second kappa shape index (κ2) is 4.63. The topological polar surface area (TPSA) is 15.3 Å². The van der Waals surface area contributed by atoms with Gasteiger partial charge in [-0.2, -0.15) is 0 Å². The van der Waals surface area contributed by atoms with E-state index in [1.165, 1.54) is 19.5 Å². The number of nitrogens with zero attached hydrogens (tertiary/aromatic N) is 1. The van der Waals surface area contributed by atoms with E-state index in [0.717, 1.165) is 12.5 Å². The maximum absolute atomic E-state index is 3.74. The molecule has 2 heteroatoms. The summed E-state index contributed by atoms with van der Waals surface area (Å²) in [6.07, 6.45) is 3.29. The summed E-state index contributed by atoms with van der Waals surface area (Å²) in [7, 11) is 2.16. The zero-order valence-electron chi connectivity index (χ0n) is 8.21. The second-order valence-corrected chi connectivity index (χ2v) is 3.80. The summed E-state index contributed by atoms with van der Waals surface area (Å²) in [5.74, 6) is 0.829. The van der Waals surface area contributed by atoms with Crippen molar-refractivity contribution in [2.75, 3.05) is 26.7 Å². The van der Waals surface area contributed by atoms with Crippen molar-refractivity contribution in [3.05, 3.63) is 12.7 Å². The van der Waals surface area contributed by atoms with Crippen molar-refractivity contribution in [3.63, 3.8) is 0 Å². The Bertz CT molecular complexity index is 145. The van der Waals surface area contributed by atoms with E-state index in [-0.39, 0.29) is 0 Å². The largest absolute Gasteiger partial charge is 0.314 e. The summed E-state index contributed by atoms with van der Waals surface area (Å²) in [6, 6.07) is 0.692. The average molecular weight is 168 g/mol. The lowest BCUT2D eigenvalue weighted by Gasteiger charge is -2.21. The summed E-state index contributed by atoms with van der Waals surface area (Å²) < 4.78 is 0. The molecule has 0 amide bonds. The summed E-state index contributed by atoms with van der Waals surface area (Å²) >= 11 is 0. The Morgan fingerprint density at radius 3 is 2.92 bits per heavy atom. The number of nitrogens with one attached hydrogen (secondary N) is 1. The van der Waals surface area contributed by atoms with Crippen molar-refractivity contribution >= 4 is 0 Å². The molecule has 12 heavy (non-hydrogen) atoms. The van der Waals surface area contributed by atoms with E-state index in [2.05, 4.69) is 30.8 Å². The van der Waals surface area contributed by atoms with Crippen LogP contribution in [0.4, 0.5) is 0 Å². The van der Waals surface area contributed by atoms with Crippen molar-refractivity contribution in [2.45, 2.75) is 19.4 Å². The molecule has 1 aliphatic rings. The standard InChI is InChI=1S/C10H20N2/c1-4-7-12(3)8-10-5-6-11-9(10)2/h4,9-11H,1,5-8H2,2-3H3. The number of hydrogen-bond donors (Lipinski definition) is 1. The summed E-state index contributed by atoms with van der Waals surface area (Å²) in [4.78, 5) is 2.33. The molecule has 0 saturated carbocycles. The van der Waals surface area contributed by atoms with E-state index >= 15 is 0 Å². The SMILES string of the molecule is C=CCN(C)CC1CCNC1C. The fourth-order valence-electron chi connectivity index (χ4n) is 1.86. The first-order valence-electron chi connectivity index (χ1n) is 4.77. The van der Waals surface area contributed by atoms with Crippen LogP contribution < -0.4 is 5.32 Å². The Kier molecular flexibility index (Phi) is 3.76. The molecule has 1 rings (SSSR count). The monoisotopic (exact) mass is 168 g/mol. The molecule has 2 unspecified atom stereocenters. The lowest BCUT2D eigenvalue weighted by atomic mass is 10.0. The van der Waals surface area contributed by atoms with Crippen LogP contribution in [0.15, 0.2) is 12.7 Å². The van der Waals surface area contributed by atoms with Gasteiger partial charge >= 0.3 is 0 Å². The van der Waals surface area contributed by atoms with Crippen LogP contribution in [-0.2, 0) is 0 Å². The molecule has 1 aliphatic heterocycles. The fourth-order valence-corrected chi connectivity index (χ4v) is 1.86. The number of likely N-dealkylation sites (N-methyl/N-ethyl adjacent to an activating group) is 1. The first-order chi connectivity index (χ1) is 5.74. The third-order valence-electron chi connectivity index (χ3n) is 2.68. The molecular weight excluding hydrogens is 148 g/mol. The van der Waals surface area contributed by atoms with Gasteiger partial charge in [-0.1, -0.05) is 6.08 Å². The predicted octanol–water partition coefficient (Wildman–Crippen LogP) is 1.10. The third-order valence-corrected chi connectivity index (χ3v) is 2.68. The molecule has 70 valence electrons. The summed E-state index contributed by atoms with van der Waals surface area (Å²) in [5.41, 5.74) is 0. The molecule has 0 aromatic heterocycles. The van der Waals surface area contributed by atoms with Gasteiger partial charge in [0.1, 0.15) is 0 Å². The third kappa shape index (κ3) is 2.61. The molecule has 1 fully saturated rings. The Morgan fingerprint density at radius 2 is 2.42 bits per heavy atom. The van der Waals surface area contributed by atoms with Crippen molar-refractivity contribution < 1.29 is 0 Å². The minimum Gasteiger partial charge on any atom is -0.314 e. The smallest absolute Gasteiger partial charge is 0.0157 e. The Labute approximate surface area is 75.6 Å². The second-order valence-electron chi connectivity index (χ2n) is 3.80. The zero-order valence-corrected chi connectivity index (χ0v) is 8.21. The summed E-state index contributed by atoms with van der Waals surface area (Å²) in [5, 5.41) is 3.46. The Balaban J connectivity index is 2.24. The molecule has 1 N–H and O–H groups in total. The van der Waals surface area contributed by atoms with Crippen LogP contribution in [0.25, 0.3) is 0 Å². The molecule has 1 heterocycles. The normalized spacial score (nSPS) is 29.6. The van der Waals surface area contributed by atoms with Gasteiger partial charge in [0.15, 0.2) is 0 Å². The van der Waals surface area contributed by atoms with Gasteiger partial charge < -0.3 is 10.2 Å². The van der Waals surface area contributed by atoms with Gasteiger partial charge in [-0.15, -0.1) is 6.58 Å². The van der Waals surface area contributed by atoms with E-state index < -0.39 is 0 Å². The van der Waals surface area contributed by atoms with Gasteiger partial charge in [-0.3, -0.25) is 0 Å². The van der Waals surface area contributed by atoms with Crippen molar-refractivity contribution in [2.24, 2.45) is 5.92 Å². The van der Waals surface area contributed by atoms with Gasteiger partial charge in [0.05, 0.1) is 0 Å². The number of hydrogen-bond acceptors (Lipinski definition) is 2. The highest BCUT2D eigenvalue weighted by Gasteiger charge is 2.23. The lowest BCUT2D eigenvalue weighted by molar-refractivity contribution is 0.288. The maximum Gasteiger partial charge on any atom is 0.0157 e. The molecule has 0 aromatic carbocycles. The minimum atomic E-state index is 0.692. The van der Waals surface area contributed by atoms with E-state index in [0.29, 0.717) is 6.04 Å². The van der Waals surface area contributed by atoms with E-state index in [4.69, 9.17) is 0 Å². The van der Waals surface area contributed by atoms with Crippen LogP contribution in [0, 0.1) is 5.92 Å². The molecule has 2 nitrogen and oxygen atoms in total. The van der Waals surface area contributed by atoms with Gasteiger partial charge in [-0.05, 0) is 32.9 Å². The van der Waals surface area contributed by atoms with Crippen molar-refractivity contribution in [1.82, 2.24) is 10.2 Å². The lowest BCUT2D eigenvalue weighted by Crippen LogP contribution is -2.32. The van der Waals surface area contributed by atoms with Gasteiger partial charge in [0.2, 0.25) is 0 Å². The first kappa shape index (κ1) is 9.75. The molecule has 2 atom stereocenters. The molecular formula is C10H20N2. The van der Waals surface area contributed by atoms with Crippen LogP contribution in [-0.4, -0.2) is 37.6 Å². The molecule has 0 radical (unpaired) electrons. The molecule has 0 bridgehead atoms. The van der Waals surface area contributed by atoms with E-state index in [9.17, 15) is 0 Å². The maximum atomic E-state index is 3.74. The van der Waals surface area contributed by atoms with Crippen LogP contribution in [0.1, 0.15) is 13.3 Å². The average Bonchev–Trinajstić information content (AvgIpc) is 2.37. The molecule has 0 aliphatic carbocycles. The quantitative estimate of drug-likeness (QED) is 0.632. The van der Waals surface area contributed by atoms with Crippen LogP contribution >= 0.6 is 0 Å². The fraction of sp³-hybridized carbons (Fsp3) is 0.800. The predicted molar refractivity (Wildman–Crippen MR) is 53.3 cm³/mol. The zero-order chi connectivity index (χ0) is 8.97. The highest BCUT2D eigenvalue weighted by Crippen LogP contribution is 2.15. The Morgan fingerprint density at radius 1 is 1.67 bits per heavy atom. The Hall–Kier alpha value is -0.340. The van der Waals surface area contributed by atoms with Gasteiger partial charge in [0, 0.05) is 19.1 Å². The highest BCUT2D eigenvalue weighted by molar-refractivity contribution is 4.83. The van der Waals surface area contributed by atoms with Crippen molar-refractivity contribution in [3.8, 4) is 0 Å². The highest BCUT2D eigenvalue weighted by atomic mass is 15.1. The van der Waals surface area contributed by atoms with Crippen molar-refractivity contribution in [1.29, 1.82) is 0 Å². The van der Waals surface area contributed by atoms with Gasteiger partial charge in [0.25, 0.3) is 0 Å². The summed E-state index contributed by atoms with van der Waals surface area (Å²) in [6.45, 7) is 9.40. The molecule has 0 aromatic rings.